The number of rotatable bonds is 4. The lowest BCUT2D eigenvalue weighted by atomic mass is 9.87. The number of amides is 3. The Morgan fingerprint density at radius 3 is 2.59 bits per heavy atom. The molecule has 3 aromatic rings. The van der Waals surface area contributed by atoms with Gasteiger partial charge in [0.1, 0.15) is 17.5 Å². The molecule has 41 heavy (non-hydrogen) atoms. The molecule has 3 amide bonds. The highest BCUT2D eigenvalue weighted by molar-refractivity contribution is 6.31. The SMILES string of the molecule is NC1=NN=C(c2cc(NC(=O)c3cc(F)cc(C(F)(F)F)c3)c3c4c2CCN4C(=O)N[C@H]3c2cc(F)ccc2Cl)C1. The number of alkyl halides is 3. The maximum absolute atomic E-state index is 14.3. The first-order chi connectivity index (χ1) is 19.4. The van der Waals surface area contributed by atoms with E-state index in [9.17, 15) is 31.5 Å². The van der Waals surface area contributed by atoms with E-state index in [0.29, 0.717) is 46.6 Å². The Kier molecular flexibility index (Phi) is 6.21. The molecule has 3 aliphatic rings. The van der Waals surface area contributed by atoms with E-state index in [1.54, 1.807) is 6.07 Å². The summed E-state index contributed by atoms with van der Waals surface area (Å²) in [4.78, 5) is 27.9. The fourth-order valence-electron chi connectivity index (χ4n) is 5.32. The van der Waals surface area contributed by atoms with Crippen molar-refractivity contribution in [3.05, 3.63) is 92.5 Å². The van der Waals surface area contributed by atoms with E-state index in [0.717, 1.165) is 12.1 Å². The van der Waals surface area contributed by atoms with Crippen molar-refractivity contribution in [3.63, 3.8) is 0 Å². The lowest BCUT2D eigenvalue weighted by molar-refractivity contribution is -0.137. The lowest BCUT2D eigenvalue weighted by Gasteiger charge is -2.35. The van der Waals surface area contributed by atoms with Crippen molar-refractivity contribution in [2.24, 2.45) is 15.9 Å². The molecular formula is C27H18ClF5N6O2. The Balaban J connectivity index is 1.54. The monoisotopic (exact) mass is 588 g/mol. The van der Waals surface area contributed by atoms with Gasteiger partial charge in [0.05, 0.1) is 29.4 Å². The summed E-state index contributed by atoms with van der Waals surface area (Å²) in [5, 5.41) is 13.5. The Bertz CT molecular complexity index is 1720. The number of halogens is 6. The van der Waals surface area contributed by atoms with Crippen molar-refractivity contribution in [2.45, 2.75) is 25.1 Å². The zero-order valence-corrected chi connectivity index (χ0v) is 21.5. The molecule has 3 aliphatic heterocycles. The number of nitrogens with one attached hydrogen (secondary N) is 2. The van der Waals surface area contributed by atoms with E-state index in [1.807, 2.05) is 0 Å². The fraction of sp³-hybridized carbons (Fsp3) is 0.185. The molecular weight excluding hydrogens is 571 g/mol. The van der Waals surface area contributed by atoms with Crippen LogP contribution in [0.25, 0.3) is 0 Å². The van der Waals surface area contributed by atoms with Crippen LogP contribution >= 0.6 is 11.6 Å². The third kappa shape index (κ3) is 4.65. The maximum Gasteiger partial charge on any atom is 0.416 e. The largest absolute Gasteiger partial charge is 0.416 e. The van der Waals surface area contributed by atoms with E-state index in [1.165, 1.54) is 11.0 Å². The molecule has 0 saturated heterocycles. The topological polar surface area (TPSA) is 112 Å². The van der Waals surface area contributed by atoms with Crippen LogP contribution in [0.15, 0.2) is 52.7 Å². The van der Waals surface area contributed by atoms with Gasteiger partial charge in [-0.3, -0.25) is 9.69 Å². The van der Waals surface area contributed by atoms with Gasteiger partial charge in [-0.05, 0) is 54.4 Å². The second-order valence-electron chi connectivity index (χ2n) is 9.66. The van der Waals surface area contributed by atoms with Gasteiger partial charge in [0, 0.05) is 39.5 Å². The number of urea groups is 1. The van der Waals surface area contributed by atoms with Gasteiger partial charge in [-0.2, -0.15) is 18.3 Å². The van der Waals surface area contributed by atoms with Crippen molar-refractivity contribution in [1.29, 1.82) is 0 Å². The Hall–Kier alpha value is -4.52. The van der Waals surface area contributed by atoms with Crippen molar-refractivity contribution < 1.29 is 31.5 Å². The molecule has 0 aromatic heterocycles. The van der Waals surface area contributed by atoms with E-state index in [4.69, 9.17) is 17.3 Å². The molecule has 14 heteroatoms. The van der Waals surface area contributed by atoms with Crippen LogP contribution in [0, 0.1) is 11.6 Å². The molecule has 0 aliphatic carbocycles. The molecule has 0 spiro atoms. The fourth-order valence-corrected chi connectivity index (χ4v) is 5.54. The predicted molar refractivity (Wildman–Crippen MR) is 141 cm³/mol. The minimum Gasteiger partial charge on any atom is -0.385 e. The molecule has 0 unspecified atom stereocenters. The molecule has 210 valence electrons. The summed E-state index contributed by atoms with van der Waals surface area (Å²) in [6, 6.07) is 5.08. The second kappa shape index (κ2) is 9.54. The molecule has 0 bridgehead atoms. The minimum atomic E-state index is -4.89. The standard InChI is InChI=1S/C27H18ClF5N6O2/c28-18-2-1-13(29)8-17(18)23-22-20(35-25(40)11-5-12(27(31,32)33)7-14(30)6-11)9-16(19-10-21(34)38-37-19)15-3-4-39(24(15)22)26(41)36-23/h1-2,5-9,23H,3-4,10H2,(H2,34,38)(H,35,40)(H,36,41)/t23-/m0/s1. The van der Waals surface area contributed by atoms with Gasteiger partial charge in [0.15, 0.2) is 0 Å². The zero-order chi connectivity index (χ0) is 29.2. The highest BCUT2D eigenvalue weighted by Gasteiger charge is 2.41. The summed E-state index contributed by atoms with van der Waals surface area (Å²) in [6.07, 6.45) is -4.31. The van der Waals surface area contributed by atoms with Gasteiger partial charge in [-0.15, -0.1) is 5.10 Å². The molecule has 6 rings (SSSR count). The third-order valence-electron chi connectivity index (χ3n) is 7.07. The van der Waals surface area contributed by atoms with Crippen molar-refractivity contribution in [2.75, 3.05) is 16.8 Å². The zero-order valence-electron chi connectivity index (χ0n) is 20.7. The van der Waals surface area contributed by atoms with Crippen molar-refractivity contribution in [1.82, 2.24) is 5.32 Å². The first-order valence-corrected chi connectivity index (χ1v) is 12.6. The van der Waals surface area contributed by atoms with Crippen LogP contribution in [0.3, 0.4) is 0 Å². The number of benzene rings is 3. The molecule has 0 radical (unpaired) electrons. The molecule has 0 fully saturated rings. The van der Waals surface area contributed by atoms with Crippen LogP contribution in [-0.4, -0.2) is 30.0 Å². The van der Waals surface area contributed by atoms with Gasteiger partial charge < -0.3 is 16.4 Å². The van der Waals surface area contributed by atoms with Crippen molar-refractivity contribution >= 4 is 46.5 Å². The third-order valence-corrected chi connectivity index (χ3v) is 7.41. The van der Waals surface area contributed by atoms with Gasteiger partial charge in [0.2, 0.25) is 0 Å². The predicted octanol–water partition coefficient (Wildman–Crippen LogP) is 5.53. The van der Waals surface area contributed by atoms with Crippen LogP contribution in [0.5, 0.6) is 0 Å². The summed E-state index contributed by atoms with van der Waals surface area (Å²) in [6.45, 7) is 0.268. The van der Waals surface area contributed by atoms with Crippen LogP contribution in [0.1, 0.15) is 50.6 Å². The second-order valence-corrected chi connectivity index (χ2v) is 10.1. The number of hydrogen-bond donors (Lipinski definition) is 3. The number of carbonyl (C=O) groups excluding carboxylic acids is 2. The highest BCUT2D eigenvalue weighted by atomic mass is 35.5. The average molecular weight is 589 g/mol. The van der Waals surface area contributed by atoms with Crippen LogP contribution < -0.4 is 21.3 Å². The Morgan fingerprint density at radius 1 is 1.10 bits per heavy atom. The number of anilines is 2. The maximum atomic E-state index is 14.3. The molecule has 3 heterocycles. The first-order valence-electron chi connectivity index (χ1n) is 12.2. The quantitative estimate of drug-likeness (QED) is 0.348. The van der Waals surface area contributed by atoms with Gasteiger partial charge >= 0.3 is 12.2 Å². The summed E-state index contributed by atoms with van der Waals surface area (Å²) in [5.41, 5.74) is 6.54. The minimum absolute atomic E-state index is 0.0620. The molecule has 8 nitrogen and oxygen atoms in total. The Labute approximate surface area is 233 Å². The normalized spacial score (nSPS) is 17.7. The van der Waals surface area contributed by atoms with E-state index < -0.39 is 46.9 Å². The number of nitrogens with zero attached hydrogens (tertiary/aromatic N) is 3. The first kappa shape index (κ1) is 26.7. The Morgan fingerprint density at radius 2 is 1.88 bits per heavy atom. The number of amidine groups is 1. The summed E-state index contributed by atoms with van der Waals surface area (Å²) < 4.78 is 68.5. The van der Waals surface area contributed by atoms with E-state index >= 15 is 0 Å². The van der Waals surface area contributed by atoms with Gasteiger partial charge in [-0.25, -0.2) is 13.6 Å². The number of carbonyl (C=O) groups is 2. The summed E-state index contributed by atoms with van der Waals surface area (Å²) >= 11 is 6.40. The van der Waals surface area contributed by atoms with Crippen molar-refractivity contribution in [3.8, 4) is 0 Å². The summed E-state index contributed by atoms with van der Waals surface area (Å²) in [5.74, 6) is -2.69. The van der Waals surface area contributed by atoms with Gasteiger partial charge in [-0.1, -0.05) is 11.6 Å². The van der Waals surface area contributed by atoms with Gasteiger partial charge in [0.25, 0.3) is 5.91 Å². The van der Waals surface area contributed by atoms with E-state index in [-0.39, 0.29) is 41.1 Å². The highest BCUT2D eigenvalue weighted by Crippen LogP contribution is 2.48. The van der Waals surface area contributed by atoms with Crippen LogP contribution in [0.4, 0.5) is 38.1 Å². The number of nitrogens with two attached hydrogens (primary N) is 1. The smallest absolute Gasteiger partial charge is 0.385 e. The van der Waals surface area contributed by atoms with Crippen LogP contribution in [0.2, 0.25) is 5.02 Å². The van der Waals surface area contributed by atoms with Crippen LogP contribution in [-0.2, 0) is 12.6 Å². The number of hydrogen-bond acceptors (Lipinski definition) is 5. The van der Waals surface area contributed by atoms with E-state index in [2.05, 4.69) is 20.8 Å². The molecule has 4 N–H and O–H groups in total. The lowest BCUT2D eigenvalue weighted by Crippen LogP contribution is -2.46. The molecule has 1 atom stereocenters. The molecule has 3 aromatic carbocycles. The molecule has 0 saturated carbocycles. The summed E-state index contributed by atoms with van der Waals surface area (Å²) in [7, 11) is 0. The average Bonchev–Trinajstić information content (AvgIpc) is 3.55.